The van der Waals surface area contributed by atoms with Crippen molar-refractivity contribution in [1.29, 1.82) is 0 Å². The molecule has 0 N–H and O–H groups in total. The minimum absolute atomic E-state index is 0.677. The molecule has 0 aliphatic heterocycles. The molecule has 0 saturated carbocycles. The van der Waals surface area contributed by atoms with Crippen LogP contribution in [0.3, 0.4) is 0 Å². The number of aromatic nitrogens is 3. The van der Waals surface area contributed by atoms with Gasteiger partial charge in [0.2, 0.25) is 0 Å². The first-order chi connectivity index (χ1) is 22.8. The highest BCUT2D eigenvalue weighted by atomic mass is 14.9. The molecule has 0 bridgehead atoms. The van der Waals surface area contributed by atoms with E-state index in [-0.39, 0.29) is 0 Å². The molecule has 0 radical (unpaired) electrons. The van der Waals surface area contributed by atoms with Gasteiger partial charge in [-0.2, -0.15) is 0 Å². The summed E-state index contributed by atoms with van der Waals surface area (Å²) < 4.78 is 0. The molecule has 3 heteroatoms. The Labute approximate surface area is 266 Å². The molecule has 2 aromatic heterocycles. The van der Waals surface area contributed by atoms with Gasteiger partial charge in [0.05, 0.1) is 17.1 Å². The van der Waals surface area contributed by atoms with Gasteiger partial charge in [0, 0.05) is 28.5 Å². The highest BCUT2D eigenvalue weighted by Gasteiger charge is 2.17. The lowest BCUT2D eigenvalue weighted by Gasteiger charge is -2.17. The molecule has 46 heavy (non-hydrogen) atoms. The van der Waals surface area contributed by atoms with Crippen molar-refractivity contribution in [2.75, 3.05) is 0 Å². The molecule has 2 heterocycles. The zero-order valence-corrected chi connectivity index (χ0v) is 24.9. The fraction of sp³-hybridized carbons (Fsp3) is 0. The van der Waals surface area contributed by atoms with E-state index in [0.717, 1.165) is 44.9 Å². The van der Waals surface area contributed by atoms with Gasteiger partial charge < -0.3 is 0 Å². The van der Waals surface area contributed by atoms with E-state index >= 15 is 0 Å². The van der Waals surface area contributed by atoms with Crippen LogP contribution in [0.2, 0.25) is 0 Å². The fourth-order valence-electron chi connectivity index (χ4n) is 6.68. The summed E-state index contributed by atoms with van der Waals surface area (Å²) in [6.07, 6.45) is 1.85. The average molecular weight is 586 g/mol. The molecule has 0 fully saturated rings. The van der Waals surface area contributed by atoms with Gasteiger partial charge in [-0.05, 0) is 85.9 Å². The van der Waals surface area contributed by atoms with Crippen LogP contribution in [0, 0.1) is 0 Å². The fourth-order valence-corrected chi connectivity index (χ4v) is 6.68. The van der Waals surface area contributed by atoms with E-state index in [9.17, 15) is 0 Å². The third-order valence-electron chi connectivity index (χ3n) is 8.84. The van der Waals surface area contributed by atoms with Crippen molar-refractivity contribution in [2.24, 2.45) is 0 Å². The van der Waals surface area contributed by atoms with Crippen LogP contribution in [0.1, 0.15) is 0 Å². The molecule has 9 rings (SSSR count). The molecule has 0 amide bonds. The minimum atomic E-state index is 0.677. The summed E-state index contributed by atoms with van der Waals surface area (Å²) in [7, 11) is 0. The van der Waals surface area contributed by atoms with Gasteiger partial charge in [-0.1, -0.05) is 115 Å². The number of nitrogens with zero attached hydrogens (tertiary/aromatic N) is 3. The normalized spacial score (nSPS) is 11.5. The molecule has 0 atom stereocenters. The monoisotopic (exact) mass is 585 g/mol. The lowest BCUT2D eigenvalue weighted by atomic mass is 9.88. The number of benzene rings is 7. The third kappa shape index (κ3) is 4.49. The molecule has 214 valence electrons. The summed E-state index contributed by atoms with van der Waals surface area (Å²) in [6.45, 7) is 0. The molecule has 3 nitrogen and oxygen atoms in total. The summed E-state index contributed by atoms with van der Waals surface area (Å²) in [4.78, 5) is 15.1. The summed E-state index contributed by atoms with van der Waals surface area (Å²) in [5, 5.41) is 7.58. The van der Waals surface area contributed by atoms with Crippen molar-refractivity contribution in [3.8, 4) is 56.3 Å². The predicted octanol–water partition coefficient (Wildman–Crippen LogP) is 11.1. The van der Waals surface area contributed by atoms with Crippen LogP contribution in [-0.2, 0) is 0 Å². The molecule has 0 saturated heterocycles. The van der Waals surface area contributed by atoms with Crippen LogP contribution in [0.4, 0.5) is 0 Å². The topological polar surface area (TPSA) is 38.7 Å². The molecule has 0 unspecified atom stereocenters. The SMILES string of the molecule is c1ccc(-c2cc(-c3ccccc3)nc(-c3cc(-c4ccccn4)cc(-c4cc5cccc6ccc7cccc4c7c65)c3)n2)cc1. The highest BCUT2D eigenvalue weighted by molar-refractivity contribution is 6.26. The maximum Gasteiger partial charge on any atom is 0.160 e. The van der Waals surface area contributed by atoms with Crippen molar-refractivity contribution in [3.05, 3.63) is 164 Å². The predicted molar refractivity (Wildman–Crippen MR) is 191 cm³/mol. The largest absolute Gasteiger partial charge is 0.256 e. The first kappa shape index (κ1) is 26.2. The Kier molecular flexibility index (Phi) is 6.14. The summed E-state index contributed by atoms with van der Waals surface area (Å²) in [5.41, 5.74) is 9.03. The Morgan fingerprint density at radius 1 is 0.348 bits per heavy atom. The van der Waals surface area contributed by atoms with Gasteiger partial charge in [0.15, 0.2) is 5.82 Å². The molecule has 0 aliphatic rings. The van der Waals surface area contributed by atoms with Gasteiger partial charge in [-0.25, -0.2) is 9.97 Å². The Hall–Kier alpha value is -6.19. The first-order valence-electron chi connectivity index (χ1n) is 15.5. The van der Waals surface area contributed by atoms with Gasteiger partial charge >= 0.3 is 0 Å². The van der Waals surface area contributed by atoms with Crippen molar-refractivity contribution in [1.82, 2.24) is 15.0 Å². The first-order valence-corrected chi connectivity index (χ1v) is 15.5. The van der Waals surface area contributed by atoms with E-state index < -0.39 is 0 Å². The Balaban J connectivity index is 1.33. The van der Waals surface area contributed by atoms with Crippen LogP contribution in [0.25, 0.3) is 88.6 Å². The average Bonchev–Trinajstić information content (AvgIpc) is 3.14. The number of hydrogen-bond donors (Lipinski definition) is 0. The maximum atomic E-state index is 5.18. The van der Waals surface area contributed by atoms with Gasteiger partial charge in [0.1, 0.15) is 0 Å². The smallest absolute Gasteiger partial charge is 0.160 e. The van der Waals surface area contributed by atoms with Crippen molar-refractivity contribution < 1.29 is 0 Å². The Bertz CT molecular complexity index is 2450. The third-order valence-corrected chi connectivity index (χ3v) is 8.84. The summed E-state index contributed by atoms with van der Waals surface area (Å²) in [5.74, 6) is 0.677. The minimum Gasteiger partial charge on any atom is -0.256 e. The second kappa shape index (κ2) is 10.8. The Morgan fingerprint density at radius 3 is 1.65 bits per heavy atom. The lowest BCUT2D eigenvalue weighted by molar-refractivity contribution is 1.18. The zero-order valence-electron chi connectivity index (χ0n) is 24.9. The standard InChI is InChI=1S/C43H27N3/c1-3-11-28(12-4-1)39-27-40(29-13-5-2-6-14-29)46-43(45-39)35-24-33(23-34(25-35)38-19-7-8-22-44-38)37-26-32-17-9-15-30-20-21-31-16-10-18-36(37)42(31)41(30)32/h1-27H. The second-order valence-electron chi connectivity index (χ2n) is 11.7. The molecule has 9 aromatic rings. The molecule has 7 aromatic carbocycles. The van der Waals surface area contributed by atoms with Crippen molar-refractivity contribution in [3.63, 3.8) is 0 Å². The number of rotatable bonds is 5. The lowest BCUT2D eigenvalue weighted by Crippen LogP contribution is -1.97. The van der Waals surface area contributed by atoms with Crippen LogP contribution < -0.4 is 0 Å². The van der Waals surface area contributed by atoms with Crippen molar-refractivity contribution >= 4 is 32.3 Å². The van der Waals surface area contributed by atoms with E-state index in [1.54, 1.807) is 0 Å². The van der Waals surface area contributed by atoms with Crippen LogP contribution in [0.5, 0.6) is 0 Å². The Morgan fingerprint density at radius 2 is 0.957 bits per heavy atom. The van der Waals surface area contributed by atoms with Crippen LogP contribution in [-0.4, -0.2) is 15.0 Å². The summed E-state index contributed by atoms with van der Waals surface area (Å²) >= 11 is 0. The van der Waals surface area contributed by atoms with Crippen LogP contribution >= 0.6 is 0 Å². The van der Waals surface area contributed by atoms with Gasteiger partial charge in [-0.15, -0.1) is 0 Å². The number of hydrogen-bond acceptors (Lipinski definition) is 3. The van der Waals surface area contributed by atoms with E-state index in [1.807, 2.05) is 54.7 Å². The highest BCUT2D eigenvalue weighted by Crippen LogP contribution is 2.42. The van der Waals surface area contributed by atoms with E-state index in [4.69, 9.17) is 15.0 Å². The molecular weight excluding hydrogens is 558 g/mol. The van der Waals surface area contributed by atoms with Gasteiger partial charge in [-0.3, -0.25) is 4.98 Å². The quantitative estimate of drug-likeness (QED) is 0.189. The molecule has 0 aliphatic carbocycles. The second-order valence-corrected chi connectivity index (χ2v) is 11.7. The van der Waals surface area contributed by atoms with Gasteiger partial charge in [0.25, 0.3) is 0 Å². The molecular formula is C43H27N3. The van der Waals surface area contributed by atoms with E-state index in [1.165, 1.54) is 37.9 Å². The van der Waals surface area contributed by atoms with Crippen molar-refractivity contribution in [2.45, 2.75) is 0 Å². The van der Waals surface area contributed by atoms with E-state index in [0.29, 0.717) is 5.82 Å². The van der Waals surface area contributed by atoms with E-state index in [2.05, 4.69) is 109 Å². The molecule has 0 spiro atoms. The summed E-state index contributed by atoms with van der Waals surface area (Å²) in [6, 6.07) is 55.4. The zero-order chi connectivity index (χ0) is 30.5. The number of pyridine rings is 1. The van der Waals surface area contributed by atoms with Crippen LogP contribution in [0.15, 0.2) is 164 Å². The maximum absolute atomic E-state index is 5.18.